The van der Waals surface area contributed by atoms with Gasteiger partial charge in [0.15, 0.2) is 5.82 Å². The maximum Gasteiger partial charge on any atom is 0.234 e. The van der Waals surface area contributed by atoms with Gasteiger partial charge in [0.1, 0.15) is 11.1 Å². The third-order valence-corrected chi connectivity index (χ3v) is 4.80. The van der Waals surface area contributed by atoms with E-state index >= 15 is 0 Å². The number of nitrogens with zero attached hydrogens (tertiary/aromatic N) is 4. The molecule has 2 aromatic rings. The number of hydrogen-bond acceptors (Lipinski definition) is 6. The first-order valence-electron chi connectivity index (χ1n) is 7.70. The van der Waals surface area contributed by atoms with Crippen LogP contribution in [0.3, 0.4) is 0 Å². The molecule has 0 amide bonds. The molecule has 0 aliphatic carbocycles. The maximum atomic E-state index is 5.89. The van der Waals surface area contributed by atoms with Crippen molar-refractivity contribution < 1.29 is 4.74 Å². The Hall–Kier alpha value is -1.05. The summed E-state index contributed by atoms with van der Waals surface area (Å²) in [4.78, 5) is 0.857. The van der Waals surface area contributed by atoms with Gasteiger partial charge in [-0.05, 0) is 37.6 Å². The van der Waals surface area contributed by atoms with Crippen LogP contribution in [0.4, 0.5) is 0 Å². The fourth-order valence-electron chi connectivity index (χ4n) is 2.91. The van der Waals surface area contributed by atoms with Gasteiger partial charge in [-0.25, -0.2) is 0 Å². The van der Waals surface area contributed by atoms with Crippen LogP contribution in [-0.4, -0.2) is 33.0 Å². The Balaban J connectivity index is 1.77. The molecule has 2 atom stereocenters. The topological polar surface area (TPSA) is 78.3 Å². The van der Waals surface area contributed by atoms with Crippen molar-refractivity contribution in [2.24, 2.45) is 17.6 Å². The van der Waals surface area contributed by atoms with E-state index in [1.54, 1.807) is 11.3 Å². The molecule has 1 fully saturated rings. The molecule has 0 bridgehead atoms. The summed E-state index contributed by atoms with van der Waals surface area (Å²) in [5, 5.41) is 14.3. The van der Waals surface area contributed by atoms with Gasteiger partial charge >= 0.3 is 0 Å². The normalized spacial score (nSPS) is 20.7. The van der Waals surface area contributed by atoms with Crippen molar-refractivity contribution in [3.63, 3.8) is 0 Å². The minimum Gasteiger partial charge on any atom is -0.370 e. The molecule has 2 N–H and O–H groups in total. The molecule has 3 rings (SSSR count). The van der Waals surface area contributed by atoms with Crippen molar-refractivity contribution in [3.05, 3.63) is 10.8 Å². The molecule has 1 aliphatic heterocycles. The van der Waals surface area contributed by atoms with Gasteiger partial charge in [-0.2, -0.15) is 9.61 Å². The number of rotatable bonds is 6. The van der Waals surface area contributed by atoms with Crippen LogP contribution >= 0.6 is 11.3 Å². The Morgan fingerprint density at radius 3 is 2.95 bits per heavy atom. The van der Waals surface area contributed by atoms with Crippen LogP contribution in [0.5, 0.6) is 0 Å². The van der Waals surface area contributed by atoms with Gasteiger partial charge in [0.2, 0.25) is 4.96 Å². The number of fused-ring (bicyclic) bond motifs is 1. The van der Waals surface area contributed by atoms with E-state index in [0.717, 1.165) is 48.1 Å². The van der Waals surface area contributed by atoms with Gasteiger partial charge in [0.25, 0.3) is 0 Å². The summed E-state index contributed by atoms with van der Waals surface area (Å²) in [7, 11) is 0. The smallest absolute Gasteiger partial charge is 0.234 e. The second-order valence-corrected chi connectivity index (χ2v) is 7.23. The van der Waals surface area contributed by atoms with Crippen LogP contribution < -0.4 is 5.73 Å². The average molecular weight is 309 g/mol. The van der Waals surface area contributed by atoms with Crippen LogP contribution in [0.25, 0.3) is 4.96 Å². The summed E-state index contributed by atoms with van der Waals surface area (Å²) < 4.78 is 7.55. The lowest BCUT2D eigenvalue weighted by molar-refractivity contribution is 0.103. The molecule has 21 heavy (non-hydrogen) atoms. The number of ether oxygens (including phenoxy) is 1. The standard InChI is InChI=1S/C14H23N5OS/c1-9(2)6-10(8-15)7-12-18-19-13(11-4-3-5-20-11)16-17-14(19)21-12/h9-11H,3-8,15H2,1-2H3. The van der Waals surface area contributed by atoms with Crippen LogP contribution in [-0.2, 0) is 11.2 Å². The second-order valence-electron chi connectivity index (χ2n) is 6.19. The van der Waals surface area contributed by atoms with E-state index in [-0.39, 0.29) is 6.10 Å². The summed E-state index contributed by atoms with van der Waals surface area (Å²) >= 11 is 1.61. The number of aromatic nitrogens is 4. The zero-order chi connectivity index (χ0) is 14.8. The highest BCUT2D eigenvalue weighted by molar-refractivity contribution is 7.16. The zero-order valence-electron chi connectivity index (χ0n) is 12.7. The highest BCUT2D eigenvalue weighted by Crippen LogP contribution is 2.29. The van der Waals surface area contributed by atoms with Gasteiger partial charge in [-0.15, -0.1) is 10.2 Å². The summed E-state index contributed by atoms with van der Waals surface area (Å²) in [6.07, 6.45) is 4.20. The second kappa shape index (κ2) is 6.37. The largest absolute Gasteiger partial charge is 0.370 e. The quantitative estimate of drug-likeness (QED) is 0.885. The molecular weight excluding hydrogens is 286 g/mol. The lowest BCUT2D eigenvalue weighted by atomic mass is 9.95. The van der Waals surface area contributed by atoms with Gasteiger partial charge in [0, 0.05) is 13.0 Å². The number of nitrogens with two attached hydrogens (primary N) is 1. The zero-order valence-corrected chi connectivity index (χ0v) is 13.5. The van der Waals surface area contributed by atoms with Crippen molar-refractivity contribution in [2.45, 2.75) is 45.6 Å². The lowest BCUT2D eigenvalue weighted by Gasteiger charge is -2.15. The van der Waals surface area contributed by atoms with Crippen molar-refractivity contribution in [1.29, 1.82) is 0 Å². The van der Waals surface area contributed by atoms with Gasteiger partial charge in [-0.1, -0.05) is 25.2 Å². The first-order chi connectivity index (χ1) is 10.2. The van der Waals surface area contributed by atoms with Crippen molar-refractivity contribution in [3.8, 4) is 0 Å². The summed E-state index contributed by atoms with van der Waals surface area (Å²) in [6.45, 7) is 5.98. The van der Waals surface area contributed by atoms with E-state index in [9.17, 15) is 0 Å². The Bertz CT molecular complexity index is 587. The van der Waals surface area contributed by atoms with E-state index in [1.165, 1.54) is 0 Å². The SMILES string of the molecule is CC(C)CC(CN)Cc1nn2c(C3CCCO3)nnc2s1. The molecule has 3 heterocycles. The monoisotopic (exact) mass is 309 g/mol. The van der Waals surface area contributed by atoms with E-state index < -0.39 is 0 Å². The molecule has 0 aromatic carbocycles. The van der Waals surface area contributed by atoms with Crippen molar-refractivity contribution in [2.75, 3.05) is 13.2 Å². The Labute approximate surface area is 128 Å². The molecule has 0 spiro atoms. The molecular formula is C14H23N5OS. The molecule has 2 unspecified atom stereocenters. The highest BCUT2D eigenvalue weighted by Gasteiger charge is 2.25. The van der Waals surface area contributed by atoms with Gasteiger partial charge < -0.3 is 10.5 Å². The average Bonchev–Trinajstić information content (AvgIpc) is 3.12. The van der Waals surface area contributed by atoms with E-state index in [2.05, 4.69) is 29.1 Å². The fraction of sp³-hybridized carbons (Fsp3) is 0.786. The number of hydrogen-bond donors (Lipinski definition) is 1. The molecule has 7 heteroatoms. The minimum absolute atomic E-state index is 0.0518. The van der Waals surface area contributed by atoms with Crippen LogP contribution in [0.15, 0.2) is 0 Å². The van der Waals surface area contributed by atoms with Crippen molar-refractivity contribution in [1.82, 2.24) is 19.8 Å². The Kier molecular flexibility index (Phi) is 4.51. The highest BCUT2D eigenvalue weighted by atomic mass is 32.1. The Morgan fingerprint density at radius 1 is 1.43 bits per heavy atom. The minimum atomic E-state index is 0.0518. The van der Waals surface area contributed by atoms with Crippen LogP contribution in [0, 0.1) is 11.8 Å². The van der Waals surface area contributed by atoms with E-state index in [0.29, 0.717) is 18.4 Å². The predicted molar refractivity (Wildman–Crippen MR) is 82.3 cm³/mol. The fourth-order valence-corrected chi connectivity index (χ4v) is 3.87. The molecule has 116 valence electrons. The van der Waals surface area contributed by atoms with Crippen molar-refractivity contribution >= 4 is 16.3 Å². The molecule has 0 radical (unpaired) electrons. The molecule has 1 saturated heterocycles. The van der Waals surface area contributed by atoms with E-state index in [4.69, 9.17) is 10.5 Å². The first kappa shape index (κ1) is 14.9. The summed E-state index contributed by atoms with van der Waals surface area (Å²) in [5.74, 6) is 1.99. The predicted octanol–water partition coefficient (Wildman–Crippen LogP) is 2.20. The summed E-state index contributed by atoms with van der Waals surface area (Å²) in [6, 6.07) is 0. The van der Waals surface area contributed by atoms with E-state index in [1.807, 2.05) is 4.52 Å². The third-order valence-electron chi connectivity index (χ3n) is 3.88. The van der Waals surface area contributed by atoms with Crippen LogP contribution in [0.2, 0.25) is 0 Å². The van der Waals surface area contributed by atoms with Gasteiger partial charge in [-0.3, -0.25) is 0 Å². The van der Waals surface area contributed by atoms with Gasteiger partial charge in [0.05, 0.1) is 0 Å². The lowest BCUT2D eigenvalue weighted by Crippen LogP contribution is -2.19. The molecule has 1 aliphatic rings. The molecule has 0 saturated carbocycles. The summed E-state index contributed by atoms with van der Waals surface area (Å²) in [5.41, 5.74) is 5.89. The third kappa shape index (κ3) is 3.25. The maximum absolute atomic E-state index is 5.89. The molecule has 6 nitrogen and oxygen atoms in total. The van der Waals surface area contributed by atoms with Crippen LogP contribution in [0.1, 0.15) is 50.0 Å². The Morgan fingerprint density at radius 2 is 2.29 bits per heavy atom. The molecule has 2 aromatic heterocycles. The first-order valence-corrected chi connectivity index (χ1v) is 8.51.